The van der Waals surface area contributed by atoms with E-state index >= 15 is 0 Å². The molecular weight excluding hydrogens is 204 g/mol. The van der Waals surface area contributed by atoms with Gasteiger partial charge in [-0.25, -0.2) is 8.88 Å². The van der Waals surface area contributed by atoms with E-state index in [1.54, 1.807) is 12.3 Å². The van der Waals surface area contributed by atoms with E-state index in [0.29, 0.717) is 11.3 Å². The van der Waals surface area contributed by atoms with Crippen LogP contribution in [0.2, 0.25) is 0 Å². The first-order chi connectivity index (χ1) is 6.68. The van der Waals surface area contributed by atoms with Crippen molar-refractivity contribution in [2.75, 3.05) is 0 Å². The molecule has 5 nitrogen and oxygen atoms in total. The van der Waals surface area contributed by atoms with Gasteiger partial charge in [-0.3, -0.25) is 0 Å². The topological polar surface area (TPSA) is 68.3 Å². The van der Waals surface area contributed by atoms with Gasteiger partial charge in [0.15, 0.2) is 0 Å². The van der Waals surface area contributed by atoms with Gasteiger partial charge in [-0.1, -0.05) is 0 Å². The van der Waals surface area contributed by atoms with Crippen LogP contribution in [0.25, 0.3) is 11.3 Å². The Hall–Kier alpha value is -1.69. The largest absolute Gasteiger partial charge is 0.475 e. The third kappa shape index (κ3) is 1.39. The molecule has 0 aliphatic carbocycles. The van der Waals surface area contributed by atoms with Gasteiger partial charge in [-0.05, 0) is 18.9 Å². The Morgan fingerprint density at radius 2 is 2.43 bits per heavy atom. The SMILES string of the molecule is O=C(O)c1cc(-c2ccnn2S)co1. The lowest BCUT2D eigenvalue weighted by atomic mass is 10.2. The summed E-state index contributed by atoms with van der Waals surface area (Å²) in [5, 5.41) is 12.5. The van der Waals surface area contributed by atoms with E-state index in [1.807, 2.05) is 0 Å². The van der Waals surface area contributed by atoms with E-state index in [2.05, 4.69) is 17.9 Å². The fourth-order valence-corrected chi connectivity index (χ4v) is 1.33. The number of furan rings is 1. The molecule has 1 N–H and O–H groups in total. The van der Waals surface area contributed by atoms with Crippen LogP contribution in [0, 0.1) is 0 Å². The van der Waals surface area contributed by atoms with Gasteiger partial charge in [0.1, 0.15) is 6.26 Å². The molecule has 0 bridgehead atoms. The van der Waals surface area contributed by atoms with Gasteiger partial charge in [0.25, 0.3) is 0 Å². The van der Waals surface area contributed by atoms with Gasteiger partial charge < -0.3 is 9.52 Å². The summed E-state index contributed by atoms with van der Waals surface area (Å²) in [6, 6.07) is 3.13. The Labute approximate surface area is 84.5 Å². The molecule has 0 saturated heterocycles. The Morgan fingerprint density at radius 1 is 1.64 bits per heavy atom. The highest BCUT2D eigenvalue weighted by Gasteiger charge is 2.12. The number of nitrogens with zero attached hydrogens (tertiary/aromatic N) is 2. The molecule has 0 aromatic carbocycles. The van der Waals surface area contributed by atoms with E-state index in [1.165, 1.54) is 16.4 Å². The number of aromatic nitrogens is 2. The molecule has 14 heavy (non-hydrogen) atoms. The van der Waals surface area contributed by atoms with Crippen molar-refractivity contribution in [2.24, 2.45) is 0 Å². The first kappa shape index (κ1) is 8.89. The third-order valence-corrected chi connectivity index (χ3v) is 2.05. The molecule has 0 amide bonds. The lowest BCUT2D eigenvalue weighted by Crippen LogP contribution is -1.91. The highest BCUT2D eigenvalue weighted by Crippen LogP contribution is 2.22. The fourth-order valence-electron chi connectivity index (χ4n) is 1.09. The molecule has 0 fully saturated rings. The molecule has 2 heterocycles. The van der Waals surface area contributed by atoms with E-state index in [9.17, 15) is 4.79 Å². The van der Waals surface area contributed by atoms with E-state index in [4.69, 9.17) is 9.52 Å². The number of carbonyl (C=O) groups is 1. The zero-order chi connectivity index (χ0) is 10.1. The van der Waals surface area contributed by atoms with Crippen LogP contribution < -0.4 is 0 Å². The van der Waals surface area contributed by atoms with Crippen LogP contribution in [0.3, 0.4) is 0 Å². The molecule has 0 unspecified atom stereocenters. The standard InChI is InChI=1S/C8H6N2O3S/c11-8(12)7-3-5(4-13-7)6-1-2-9-10(6)14/h1-4,14H,(H,11,12). The molecule has 0 spiro atoms. The Balaban J connectivity index is 2.43. The van der Waals surface area contributed by atoms with Gasteiger partial charge in [-0.15, -0.1) is 0 Å². The second-order valence-corrected chi connectivity index (χ2v) is 2.99. The van der Waals surface area contributed by atoms with Crippen LogP contribution in [0.5, 0.6) is 0 Å². The Kier molecular flexibility index (Phi) is 2.05. The summed E-state index contributed by atoms with van der Waals surface area (Å²) >= 11 is 4.04. The summed E-state index contributed by atoms with van der Waals surface area (Å²) in [6.45, 7) is 0. The maximum absolute atomic E-state index is 10.5. The van der Waals surface area contributed by atoms with Gasteiger partial charge >= 0.3 is 5.97 Å². The van der Waals surface area contributed by atoms with Gasteiger partial charge in [0.05, 0.1) is 11.9 Å². The molecule has 0 radical (unpaired) electrons. The van der Waals surface area contributed by atoms with E-state index in [-0.39, 0.29) is 5.76 Å². The number of rotatable bonds is 2. The smallest absolute Gasteiger partial charge is 0.371 e. The third-order valence-electron chi connectivity index (χ3n) is 1.73. The fraction of sp³-hybridized carbons (Fsp3) is 0. The van der Waals surface area contributed by atoms with Crippen molar-refractivity contribution in [3.8, 4) is 11.3 Å². The summed E-state index contributed by atoms with van der Waals surface area (Å²) < 4.78 is 6.17. The van der Waals surface area contributed by atoms with Crippen LogP contribution in [0.15, 0.2) is 29.0 Å². The minimum absolute atomic E-state index is 0.102. The highest BCUT2D eigenvalue weighted by atomic mass is 32.1. The second-order valence-electron chi connectivity index (χ2n) is 2.61. The molecular formula is C8H6N2O3S. The average Bonchev–Trinajstić information content (AvgIpc) is 2.71. The first-order valence-electron chi connectivity index (χ1n) is 3.74. The van der Waals surface area contributed by atoms with Crippen molar-refractivity contribution < 1.29 is 14.3 Å². The lowest BCUT2D eigenvalue weighted by Gasteiger charge is -1.93. The monoisotopic (exact) mass is 210 g/mol. The van der Waals surface area contributed by atoms with Crippen molar-refractivity contribution in [1.82, 2.24) is 9.19 Å². The zero-order valence-corrected chi connectivity index (χ0v) is 7.81. The molecule has 0 aliphatic rings. The average molecular weight is 210 g/mol. The number of thiol groups is 1. The zero-order valence-electron chi connectivity index (χ0n) is 6.91. The summed E-state index contributed by atoms with van der Waals surface area (Å²) in [5.41, 5.74) is 1.32. The predicted octanol–water partition coefficient (Wildman–Crippen LogP) is 1.53. The molecule has 0 atom stereocenters. The molecule has 6 heteroatoms. The van der Waals surface area contributed by atoms with Crippen molar-refractivity contribution >= 4 is 18.8 Å². The van der Waals surface area contributed by atoms with Gasteiger partial charge in [-0.2, -0.15) is 5.10 Å². The van der Waals surface area contributed by atoms with Crippen molar-refractivity contribution in [3.63, 3.8) is 0 Å². The number of carboxylic acid groups (broad SMARTS) is 1. The molecule has 2 aromatic rings. The highest BCUT2D eigenvalue weighted by molar-refractivity contribution is 7.78. The van der Waals surface area contributed by atoms with E-state index in [0.717, 1.165) is 0 Å². The number of hydrogen-bond acceptors (Lipinski definition) is 4. The number of hydrogen-bond donors (Lipinski definition) is 2. The van der Waals surface area contributed by atoms with Gasteiger partial charge in [0, 0.05) is 11.6 Å². The normalized spacial score (nSPS) is 10.4. The van der Waals surface area contributed by atoms with Crippen LogP contribution in [-0.2, 0) is 0 Å². The summed E-state index contributed by atoms with van der Waals surface area (Å²) in [5.74, 6) is -1.20. The molecule has 2 rings (SSSR count). The lowest BCUT2D eigenvalue weighted by molar-refractivity contribution is 0.0662. The minimum Gasteiger partial charge on any atom is -0.475 e. The van der Waals surface area contributed by atoms with Crippen molar-refractivity contribution in [1.29, 1.82) is 0 Å². The van der Waals surface area contributed by atoms with Crippen LogP contribution in [0.4, 0.5) is 0 Å². The second kappa shape index (κ2) is 3.22. The maximum atomic E-state index is 10.5. The Morgan fingerprint density at radius 3 is 2.93 bits per heavy atom. The van der Waals surface area contributed by atoms with Crippen molar-refractivity contribution in [3.05, 3.63) is 30.4 Å². The quantitative estimate of drug-likeness (QED) is 0.737. The minimum atomic E-state index is -1.10. The number of carboxylic acids is 1. The summed E-state index contributed by atoms with van der Waals surface area (Å²) in [4.78, 5) is 10.5. The predicted molar refractivity (Wildman–Crippen MR) is 51.3 cm³/mol. The van der Waals surface area contributed by atoms with Gasteiger partial charge in [0.2, 0.25) is 5.76 Å². The van der Waals surface area contributed by atoms with Crippen LogP contribution >= 0.6 is 12.8 Å². The summed E-state index contributed by atoms with van der Waals surface area (Å²) in [6.07, 6.45) is 2.92. The Bertz CT molecular complexity index is 474. The summed E-state index contributed by atoms with van der Waals surface area (Å²) in [7, 11) is 0. The van der Waals surface area contributed by atoms with E-state index < -0.39 is 5.97 Å². The van der Waals surface area contributed by atoms with Crippen LogP contribution in [0.1, 0.15) is 10.6 Å². The van der Waals surface area contributed by atoms with Crippen molar-refractivity contribution in [2.45, 2.75) is 0 Å². The molecule has 72 valence electrons. The maximum Gasteiger partial charge on any atom is 0.371 e. The van der Waals surface area contributed by atoms with Crippen LogP contribution in [-0.4, -0.2) is 20.3 Å². The number of aromatic carboxylic acids is 1. The molecule has 2 aromatic heterocycles. The molecule has 0 aliphatic heterocycles. The molecule has 0 saturated carbocycles. The first-order valence-corrected chi connectivity index (χ1v) is 4.14.